The molecule has 6 heteroatoms. The summed E-state index contributed by atoms with van der Waals surface area (Å²) in [5.74, 6) is 0. The number of thiophene rings is 1. The van der Waals surface area contributed by atoms with Gasteiger partial charge in [-0.05, 0) is 37.1 Å². The van der Waals surface area contributed by atoms with Gasteiger partial charge in [0, 0.05) is 23.5 Å². The first-order valence-electron chi connectivity index (χ1n) is 6.68. The zero-order chi connectivity index (χ0) is 13.9. The minimum atomic E-state index is -0.0637. The van der Waals surface area contributed by atoms with Gasteiger partial charge in [0.15, 0.2) is 5.16 Å². The summed E-state index contributed by atoms with van der Waals surface area (Å²) >= 11 is 3.28. The van der Waals surface area contributed by atoms with Gasteiger partial charge < -0.3 is 4.98 Å². The van der Waals surface area contributed by atoms with Crippen LogP contribution >= 0.6 is 23.1 Å². The molecule has 0 aliphatic carbocycles. The highest BCUT2D eigenvalue weighted by Gasteiger charge is 2.27. The Hall–Kier alpha value is -1.11. The maximum absolute atomic E-state index is 11.6. The fourth-order valence-corrected chi connectivity index (χ4v) is 3.99. The first-order valence-corrected chi connectivity index (χ1v) is 8.78. The Balaban J connectivity index is 1.80. The van der Waals surface area contributed by atoms with Crippen molar-refractivity contribution in [3.8, 4) is 0 Å². The lowest BCUT2D eigenvalue weighted by Gasteiger charge is -2.23. The van der Waals surface area contributed by atoms with E-state index in [0.29, 0.717) is 11.2 Å². The molecule has 3 heterocycles. The predicted molar refractivity (Wildman–Crippen MR) is 83.3 cm³/mol. The molecule has 0 bridgehead atoms. The lowest BCUT2D eigenvalue weighted by Crippen LogP contribution is -2.24. The van der Waals surface area contributed by atoms with Gasteiger partial charge in [-0.3, -0.25) is 9.69 Å². The van der Waals surface area contributed by atoms with Crippen LogP contribution in [0.15, 0.2) is 33.5 Å². The van der Waals surface area contributed by atoms with Crippen molar-refractivity contribution in [1.29, 1.82) is 0 Å². The first-order chi connectivity index (χ1) is 9.76. The number of nitrogens with zero attached hydrogens (tertiary/aromatic N) is 2. The molecule has 1 atom stereocenters. The largest absolute Gasteiger partial charge is 0.301 e. The number of aromatic nitrogens is 2. The molecule has 1 aliphatic rings. The molecule has 2 aromatic heterocycles. The average molecular weight is 307 g/mol. The quantitative estimate of drug-likeness (QED) is 0.697. The van der Waals surface area contributed by atoms with E-state index in [1.54, 1.807) is 6.07 Å². The maximum atomic E-state index is 11.6. The molecule has 0 spiro atoms. The Morgan fingerprint density at radius 1 is 1.60 bits per heavy atom. The van der Waals surface area contributed by atoms with Crippen molar-refractivity contribution in [3.05, 3.63) is 44.5 Å². The Labute approximate surface area is 126 Å². The van der Waals surface area contributed by atoms with Crippen LogP contribution in [0.5, 0.6) is 0 Å². The molecule has 1 fully saturated rings. The van der Waals surface area contributed by atoms with Crippen LogP contribution in [0, 0.1) is 0 Å². The highest BCUT2D eigenvalue weighted by Crippen LogP contribution is 2.35. The van der Waals surface area contributed by atoms with Crippen LogP contribution in [-0.2, 0) is 6.54 Å². The molecule has 0 amide bonds. The number of nitrogens with one attached hydrogen (secondary N) is 1. The van der Waals surface area contributed by atoms with Gasteiger partial charge in [-0.1, -0.05) is 17.8 Å². The van der Waals surface area contributed by atoms with Gasteiger partial charge in [0.2, 0.25) is 0 Å². The molecule has 1 unspecified atom stereocenters. The molecule has 1 N–H and O–H groups in total. The van der Waals surface area contributed by atoms with E-state index in [1.807, 2.05) is 17.6 Å². The van der Waals surface area contributed by atoms with Crippen molar-refractivity contribution in [1.82, 2.24) is 14.9 Å². The number of aromatic amines is 1. The zero-order valence-corrected chi connectivity index (χ0v) is 13.0. The van der Waals surface area contributed by atoms with E-state index >= 15 is 0 Å². The van der Waals surface area contributed by atoms with Crippen LogP contribution in [0.4, 0.5) is 0 Å². The molecule has 1 aliphatic heterocycles. The molecule has 0 aromatic carbocycles. The topological polar surface area (TPSA) is 49.0 Å². The van der Waals surface area contributed by atoms with Gasteiger partial charge in [-0.2, -0.15) is 0 Å². The van der Waals surface area contributed by atoms with E-state index in [4.69, 9.17) is 0 Å². The van der Waals surface area contributed by atoms with Gasteiger partial charge >= 0.3 is 0 Å². The highest BCUT2D eigenvalue weighted by atomic mass is 32.2. The first kappa shape index (κ1) is 13.9. The van der Waals surface area contributed by atoms with E-state index in [1.165, 1.54) is 29.5 Å². The van der Waals surface area contributed by atoms with E-state index in [-0.39, 0.29) is 5.56 Å². The van der Waals surface area contributed by atoms with E-state index < -0.39 is 0 Å². The van der Waals surface area contributed by atoms with Gasteiger partial charge in [-0.15, -0.1) is 11.3 Å². The van der Waals surface area contributed by atoms with Gasteiger partial charge in [0.1, 0.15) is 0 Å². The number of H-pyrrole nitrogens is 1. The standard InChI is InChI=1S/C14H17N3OS2/c1-19-14-15-10(8-13(18)16-14)9-17-6-2-4-11(17)12-5-3-7-20-12/h3,5,7-8,11H,2,4,6,9H2,1H3,(H,15,16,18). The summed E-state index contributed by atoms with van der Waals surface area (Å²) in [5.41, 5.74) is 0.799. The molecule has 2 aromatic rings. The highest BCUT2D eigenvalue weighted by molar-refractivity contribution is 7.98. The monoisotopic (exact) mass is 307 g/mol. The van der Waals surface area contributed by atoms with E-state index in [2.05, 4.69) is 32.4 Å². The molecule has 1 saturated heterocycles. The smallest absolute Gasteiger partial charge is 0.251 e. The number of thioether (sulfide) groups is 1. The van der Waals surface area contributed by atoms with E-state index in [0.717, 1.165) is 18.8 Å². The normalized spacial score (nSPS) is 19.6. The van der Waals surface area contributed by atoms with Gasteiger partial charge in [-0.25, -0.2) is 4.98 Å². The Kier molecular flexibility index (Phi) is 4.24. The van der Waals surface area contributed by atoms with Crippen LogP contribution in [0.2, 0.25) is 0 Å². The summed E-state index contributed by atoms with van der Waals surface area (Å²) < 4.78 is 0. The van der Waals surface area contributed by atoms with Crippen LogP contribution in [-0.4, -0.2) is 27.7 Å². The zero-order valence-electron chi connectivity index (χ0n) is 11.3. The fraction of sp³-hybridized carbons (Fsp3) is 0.429. The van der Waals surface area contributed by atoms with Crippen LogP contribution in [0.3, 0.4) is 0 Å². The van der Waals surface area contributed by atoms with Crippen LogP contribution < -0.4 is 5.56 Å². The van der Waals surface area contributed by atoms with Crippen LogP contribution in [0.1, 0.15) is 29.5 Å². The lowest BCUT2D eigenvalue weighted by atomic mass is 10.2. The summed E-state index contributed by atoms with van der Waals surface area (Å²) in [6.07, 6.45) is 4.33. The Morgan fingerprint density at radius 2 is 2.50 bits per heavy atom. The maximum Gasteiger partial charge on any atom is 0.251 e. The third kappa shape index (κ3) is 2.97. The summed E-state index contributed by atoms with van der Waals surface area (Å²) in [6, 6.07) is 6.40. The van der Waals surface area contributed by atoms with Crippen LogP contribution in [0.25, 0.3) is 0 Å². The molecule has 4 nitrogen and oxygen atoms in total. The molecule has 3 rings (SSSR count). The fourth-order valence-electron chi connectivity index (χ4n) is 2.69. The lowest BCUT2D eigenvalue weighted by molar-refractivity contribution is 0.248. The minimum Gasteiger partial charge on any atom is -0.301 e. The van der Waals surface area contributed by atoms with Crippen molar-refractivity contribution >= 4 is 23.1 Å². The Morgan fingerprint density at radius 3 is 3.25 bits per heavy atom. The SMILES string of the molecule is CSc1nc(CN2CCCC2c2cccs2)cc(=O)[nH]1. The second kappa shape index (κ2) is 6.11. The molecule has 20 heavy (non-hydrogen) atoms. The summed E-state index contributed by atoms with van der Waals surface area (Å²) in [7, 11) is 0. The van der Waals surface area contributed by atoms with Crippen molar-refractivity contribution in [2.75, 3.05) is 12.8 Å². The number of rotatable bonds is 4. The van der Waals surface area contributed by atoms with Gasteiger partial charge in [0.05, 0.1) is 5.69 Å². The summed E-state index contributed by atoms with van der Waals surface area (Å²) in [5, 5.41) is 2.82. The van der Waals surface area contributed by atoms with Gasteiger partial charge in [0.25, 0.3) is 5.56 Å². The number of likely N-dealkylation sites (tertiary alicyclic amines) is 1. The number of hydrogen-bond donors (Lipinski definition) is 1. The summed E-state index contributed by atoms with van der Waals surface area (Å²) in [4.78, 5) is 22.7. The second-order valence-corrected chi connectivity index (χ2v) is 6.66. The average Bonchev–Trinajstić information content (AvgIpc) is 3.08. The minimum absolute atomic E-state index is 0.0637. The van der Waals surface area contributed by atoms with Crippen molar-refractivity contribution < 1.29 is 0 Å². The molecule has 106 valence electrons. The second-order valence-electron chi connectivity index (χ2n) is 4.89. The van der Waals surface area contributed by atoms with Crippen molar-refractivity contribution in [2.45, 2.75) is 30.6 Å². The molecular weight excluding hydrogens is 290 g/mol. The molecule has 0 saturated carbocycles. The molecule has 0 radical (unpaired) electrons. The third-order valence-electron chi connectivity index (χ3n) is 3.57. The third-order valence-corrected chi connectivity index (χ3v) is 5.12. The predicted octanol–water partition coefficient (Wildman–Crippen LogP) is 2.89. The molecular formula is C14H17N3OS2. The van der Waals surface area contributed by atoms with E-state index in [9.17, 15) is 4.79 Å². The van der Waals surface area contributed by atoms with Crippen molar-refractivity contribution in [3.63, 3.8) is 0 Å². The number of hydrogen-bond acceptors (Lipinski definition) is 5. The Bertz CT molecular complexity index is 624. The summed E-state index contributed by atoms with van der Waals surface area (Å²) in [6.45, 7) is 1.83. The van der Waals surface area contributed by atoms with Crippen molar-refractivity contribution in [2.24, 2.45) is 0 Å².